The minimum atomic E-state index is -0.193. The molecule has 1 aromatic heterocycles. The van der Waals surface area contributed by atoms with Gasteiger partial charge in [0.2, 0.25) is 0 Å². The number of benzene rings is 2. The minimum absolute atomic E-state index is 0.193. The normalized spacial score (nSPS) is 10.5. The van der Waals surface area contributed by atoms with Gasteiger partial charge in [-0.15, -0.1) is 10.2 Å². The summed E-state index contributed by atoms with van der Waals surface area (Å²) in [5, 5.41) is 12.0. The molecule has 0 radical (unpaired) electrons. The topological polar surface area (TPSA) is 59.8 Å². The molecule has 0 saturated carbocycles. The lowest BCUT2D eigenvalue weighted by atomic mass is 10.2. The van der Waals surface area contributed by atoms with E-state index in [1.54, 1.807) is 30.6 Å². The van der Waals surface area contributed by atoms with Crippen LogP contribution in [0.25, 0.3) is 0 Å². The van der Waals surface area contributed by atoms with Crippen molar-refractivity contribution >= 4 is 35.0 Å². The summed E-state index contributed by atoms with van der Waals surface area (Å²) >= 11 is 7.40. The Hall–Kier alpha value is -2.31. The highest BCUT2D eigenvalue weighted by molar-refractivity contribution is 7.99. The zero-order valence-corrected chi connectivity index (χ0v) is 13.8. The number of hydrogen-bond acceptors (Lipinski definition) is 4. The molecule has 2 aromatic carbocycles. The maximum atomic E-state index is 12.2. The van der Waals surface area contributed by atoms with Gasteiger partial charge < -0.3 is 9.88 Å². The highest BCUT2D eigenvalue weighted by atomic mass is 35.5. The number of amides is 1. The number of hydrogen-bond donors (Lipinski definition) is 1. The molecule has 23 heavy (non-hydrogen) atoms. The van der Waals surface area contributed by atoms with Crippen molar-refractivity contribution in [2.75, 3.05) is 5.32 Å². The average molecular weight is 345 g/mol. The van der Waals surface area contributed by atoms with Gasteiger partial charge in [-0.25, -0.2) is 0 Å². The highest BCUT2D eigenvalue weighted by Crippen LogP contribution is 2.26. The molecule has 0 unspecified atom stereocenters. The number of carbonyl (C=O) groups is 1. The summed E-state index contributed by atoms with van der Waals surface area (Å²) in [6, 6.07) is 14.4. The summed E-state index contributed by atoms with van der Waals surface area (Å²) in [7, 11) is 1.89. The number of aromatic nitrogens is 3. The molecule has 0 saturated heterocycles. The third-order valence-electron chi connectivity index (χ3n) is 3.08. The van der Waals surface area contributed by atoms with Crippen LogP contribution in [-0.4, -0.2) is 20.7 Å². The van der Waals surface area contributed by atoms with Crippen molar-refractivity contribution in [3.63, 3.8) is 0 Å². The molecular formula is C16H13ClN4OS. The van der Waals surface area contributed by atoms with Crippen molar-refractivity contribution in [1.29, 1.82) is 0 Å². The molecule has 1 heterocycles. The highest BCUT2D eigenvalue weighted by Gasteiger charge is 2.07. The summed E-state index contributed by atoms with van der Waals surface area (Å²) in [5.41, 5.74) is 1.24. The van der Waals surface area contributed by atoms with Gasteiger partial charge in [0.15, 0.2) is 5.16 Å². The maximum absolute atomic E-state index is 12.2. The Morgan fingerprint density at radius 2 is 2.00 bits per heavy atom. The Bertz CT molecular complexity index is 832. The Morgan fingerprint density at radius 1 is 1.22 bits per heavy atom. The van der Waals surface area contributed by atoms with Gasteiger partial charge >= 0.3 is 0 Å². The summed E-state index contributed by atoms with van der Waals surface area (Å²) in [6.07, 6.45) is 1.65. The molecule has 0 fully saturated rings. The van der Waals surface area contributed by atoms with Gasteiger partial charge in [0.25, 0.3) is 5.91 Å². The van der Waals surface area contributed by atoms with E-state index in [4.69, 9.17) is 11.6 Å². The second-order valence-corrected chi connectivity index (χ2v) is 6.29. The van der Waals surface area contributed by atoms with Crippen molar-refractivity contribution in [2.45, 2.75) is 10.1 Å². The second-order valence-electron chi connectivity index (χ2n) is 4.82. The van der Waals surface area contributed by atoms with E-state index < -0.39 is 0 Å². The average Bonchev–Trinajstić information content (AvgIpc) is 2.94. The molecule has 0 aliphatic rings. The van der Waals surface area contributed by atoms with Gasteiger partial charge in [0.05, 0.1) is 0 Å². The summed E-state index contributed by atoms with van der Waals surface area (Å²) in [5.74, 6) is -0.193. The van der Waals surface area contributed by atoms with Crippen molar-refractivity contribution in [1.82, 2.24) is 14.8 Å². The smallest absolute Gasteiger partial charge is 0.255 e. The van der Waals surface area contributed by atoms with Gasteiger partial charge in [0.1, 0.15) is 6.33 Å². The van der Waals surface area contributed by atoms with Crippen LogP contribution in [0.3, 0.4) is 0 Å². The number of carbonyl (C=O) groups excluding carboxylic acids is 1. The SMILES string of the molecule is Cn1cnnc1Sc1ccc(NC(=O)c2cccc(Cl)c2)cc1. The Balaban J connectivity index is 1.68. The van der Waals surface area contributed by atoms with E-state index in [0.29, 0.717) is 10.6 Å². The first kappa shape index (κ1) is 15.6. The molecule has 7 heteroatoms. The van der Waals surface area contributed by atoms with E-state index in [9.17, 15) is 4.79 Å². The van der Waals surface area contributed by atoms with Crippen LogP contribution in [0.4, 0.5) is 5.69 Å². The number of aryl methyl sites for hydroxylation is 1. The van der Waals surface area contributed by atoms with Gasteiger partial charge in [-0.2, -0.15) is 0 Å². The number of rotatable bonds is 4. The Labute approximate surface area is 142 Å². The van der Waals surface area contributed by atoms with Crippen molar-refractivity contribution in [2.24, 2.45) is 7.05 Å². The van der Waals surface area contributed by atoms with E-state index >= 15 is 0 Å². The molecule has 0 spiro atoms. The predicted molar refractivity (Wildman–Crippen MR) is 91.0 cm³/mol. The van der Waals surface area contributed by atoms with E-state index in [-0.39, 0.29) is 5.91 Å². The van der Waals surface area contributed by atoms with Crippen molar-refractivity contribution < 1.29 is 4.79 Å². The first-order valence-electron chi connectivity index (χ1n) is 6.80. The Morgan fingerprint density at radius 3 is 2.65 bits per heavy atom. The fourth-order valence-electron chi connectivity index (χ4n) is 1.91. The van der Waals surface area contributed by atoms with Crippen LogP contribution >= 0.6 is 23.4 Å². The molecular weight excluding hydrogens is 332 g/mol. The molecule has 1 amide bonds. The number of anilines is 1. The fraction of sp³-hybridized carbons (Fsp3) is 0.0625. The lowest BCUT2D eigenvalue weighted by molar-refractivity contribution is 0.102. The summed E-state index contributed by atoms with van der Waals surface area (Å²) in [4.78, 5) is 13.2. The third-order valence-corrected chi connectivity index (χ3v) is 4.37. The zero-order chi connectivity index (χ0) is 16.2. The molecule has 5 nitrogen and oxygen atoms in total. The maximum Gasteiger partial charge on any atom is 0.255 e. The molecule has 0 atom stereocenters. The van der Waals surface area contributed by atoms with Gasteiger partial charge in [-0.3, -0.25) is 4.79 Å². The van der Waals surface area contributed by atoms with E-state index in [1.165, 1.54) is 11.8 Å². The molecule has 3 rings (SSSR count). The largest absolute Gasteiger partial charge is 0.322 e. The zero-order valence-electron chi connectivity index (χ0n) is 12.2. The van der Waals surface area contributed by atoms with Crippen LogP contribution in [-0.2, 0) is 7.05 Å². The van der Waals surface area contributed by atoms with Gasteiger partial charge in [0, 0.05) is 28.2 Å². The third kappa shape index (κ3) is 3.91. The molecule has 116 valence electrons. The van der Waals surface area contributed by atoms with Crippen LogP contribution < -0.4 is 5.32 Å². The molecule has 0 aliphatic carbocycles. The van der Waals surface area contributed by atoms with Crippen LogP contribution in [0.1, 0.15) is 10.4 Å². The Kier molecular flexibility index (Phi) is 4.64. The number of nitrogens with one attached hydrogen (secondary N) is 1. The van der Waals surface area contributed by atoms with Crippen LogP contribution in [0, 0.1) is 0 Å². The lowest BCUT2D eigenvalue weighted by Crippen LogP contribution is -2.11. The van der Waals surface area contributed by atoms with Gasteiger partial charge in [-0.05, 0) is 54.2 Å². The van der Waals surface area contributed by atoms with E-state index in [1.807, 2.05) is 35.9 Å². The minimum Gasteiger partial charge on any atom is -0.322 e. The fourth-order valence-corrected chi connectivity index (χ4v) is 2.86. The van der Waals surface area contributed by atoms with Crippen molar-refractivity contribution in [3.8, 4) is 0 Å². The van der Waals surface area contributed by atoms with Crippen LogP contribution in [0.2, 0.25) is 5.02 Å². The number of nitrogens with zero attached hydrogens (tertiary/aromatic N) is 3. The second kappa shape index (κ2) is 6.85. The van der Waals surface area contributed by atoms with E-state index in [2.05, 4.69) is 15.5 Å². The summed E-state index contributed by atoms with van der Waals surface area (Å²) in [6.45, 7) is 0. The van der Waals surface area contributed by atoms with Crippen LogP contribution in [0.15, 0.2) is 64.9 Å². The molecule has 1 N–H and O–H groups in total. The monoisotopic (exact) mass is 344 g/mol. The van der Waals surface area contributed by atoms with E-state index in [0.717, 1.165) is 15.7 Å². The number of halogens is 1. The van der Waals surface area contributed by atoms with Gasteiger partial charge in [-0.1, -0.05) is 17.7 Å². The molecule has 3 aromatic rings. The predicted octanol–water partition coefficient (Wildman–Crippen LogP) is 3.87. The van der Waals surface area contributed by atoms with Crippen molar-refractivity contribution in [3.05, 3.63) is 65.4 Å². The van der Waals surface area contributed by atoms with Crippen LogP contribution in [0.5, 0.6) is 0 Å². The summed E-state index contributed by atoms with van der Waals surface area (Å²) < 4.78 is 1.85. The lowest BCUT2D eigenvalue weighted by Gasteiger charge is -2.07. The molecule has 0 aliphatic heterocycles. The molecule has 0 bridgehead atoms. The first-order chi connectivity index (χ1) is 11.1. The quantitative estimate of drug-likeness (QED) is 0.780. The standard InChI is InChI=1S/C16H13ClN4OS/c1-21-10-18-20-16(21)23-14-7-5-13(6-8-14)19-15(22)11-3-2-4-12(17)9-11/h2-10H,1H3,(H,19,22). The first-order valence-corrected chi connectivity index (χ1v) is 8.00.